The summed E-state index contributed by atoms with van der Waals surface area (Å²) in [6, 6.07) is 7.17. The molecule has 9 heteroatoms. The number of ether oxygens (including phenoxy) is 2. The molecule has 0 atom stereocenters. The average Bonchev–Trinajstić information content (AvgIpc) is 3.15. The first-order valence-corrected chi connectivity index (χ1v) is 8.79. The number of amides is 1. The van der Waals surface area contributed by atoms with Crippen molar-refractivity contribution < 1.29 is 19.1 Å². The lowest BCUT2D eigenvalue weighted by Gasteiger charge is -2.20. The number of carbonyl (C=O) groups excluding carboxylic acids is 2. The van der Waals surface area contributed by atoms with Gasteiger partial charge in [-0.3, -0.25) is 14.7 Å². The van der Waals surface area contributed by atoms with Gasteiger partial charge >= 0.3 is 5.97 Å². The maximum Gasteiger partial charge on any atom is 0.358 e. The van der Waals surface area contributed by atoms with Gasteiger partial charge < -0.3 is 9.47 Å². The molecule has 0 N–H and O–H groups in total. The lowest BCUT2D eigenvalue weighted by Crippen LogP contribution is -2.23. The molecule has 0 aliphatic rings. The number of methoxy groups -OCH3 is 1. The zero-order valence-corrected chi connectivity index (χ0v) is 15.5. The summed E-state index contributed by atoms with van der Waals surface area (Å²) in [4.78, 5) is 37.7. The summed E-state index contributed by atoms with van der Waals surface area (Å²) in [5.74, 6) is -0.249. The van der Waals surface area contributed by atoms with Gasteiger partial charge in [0.05, 0.1) is 24.7 Å². The Bertz CT molecular complexity index is 945. The summed E-state index contributed by atoms with van der Waals surface area (Å²) in [5, 5.41) is 2.18. The van der Waals surface area contributed by atoms with E-state index in [1.165, 1.54) is 48.9 Å². The number of nitrogens with zero attached hydrogens (tertiary/aromatic N) is 4. The Morgan fingerprint density at radius 3 is 2.74 bits per heavy atom. The maximum atomic E-state index is 12.2. The Kier molecular flexibility index (Phi) is 5.72. The minimum atomic E-state index is -0.592. The number of para-hydroxylation sites is 2. The molecule has 0 spiro atoms. The molecule has 3 aromatic rings. The molecule has 138 valence electrons. The van der Waals surface area contributed by atoms with Crippen LogP contribution in [0.3, 0.4) is 0 Å². The first-order valence-electron chi connectivity index (χ1n) is 7.91. The van der Waals surface area contributed by atoms with Gasteiger partial charge in [-0.2, -0.15) is 0 Å². The topological polar surface area (TPSA) is 94.5 Å². The van der Waals surface area contributed by atoms with Gasteiger partial charge in [0.2, 0.25) is 5.91 Å². The fraction of sp³-hybridized carbons (Fsp3) is 0.167. The normalized spacial score (nSPS) is 10.3. The molecule has 0 unspecified atom stereocenters. The largest absolute Gasteiger partial charge is 0.495 e. The van der Waals surface area contributed by atoms with Gasteiger partial charge in [0, 0.05) is 24.7 Å². The second-order valence-corrected chi connectivity index (χ2v) is 6.15. The van der Waals surface area contributed by atoms with E-state index in [0.29, 0.717) is 22.3 Å². The SMILES string of the molecule is COc1ccccc1N(C(C)=O)c1nc(COC(=O)c2cnccn2)cs1. The average molecular weight is 384 g/mol. The van der Waals surface area contributed by atoms with Gasteiger partial charge in [0.25, 0.3) is 0 Å². The van der Waals surface area contributed by atoms with Crippen LogP contribution in [0.15, 0.2) is 48.2 Å². The lowest BCUT2D eigenvalue weighted by molar-refractivity contribution is -0.115. The summed E-state index contributed by atoms with van der Waals surface area (Å²) < 4.78 is 10.5. The molecule has 2 aromatic heterocycles. The Hall–Kier alpha value is -3.33. The van der Waals surface area contributed by atoms with Crippen molar-refractivity contribution in [1.29, 1.82) is 0 Å². The predicted octanol–water partition coefficient (Wildman–Crippen LogP) is 2.98. The third-order valence-electron chi connectivity index (χ3n) is 3.50. The smallest absolute Gasteiger partial charge is 0.358 e. The van der Waals surface area contributed by atoms with Crippen molar-refractivity contribution in [2.24, 2.45) is 0 Å². The monoisotopic (exact) mass is 384 g/mol. The Labute approximate surface area is 159 Å². The quantitative estimate of drug-likeness (QED) is 0.603. The molecule has 0 bridgehead atoms. The number of hydrogen-bond acceptors (Lipinski definition) is 8. The van der Waals surface area contributed by atoms with Crippen molar-refractivity contribution in [3.63, 3.8) is 0 Å². The Balaban J connectivity index is 1.77. The lowest BCUT2D eigenvalue weighted by atomic mass is 10.2. The zero-order valence-electron chi connectivity index (χ0n) is 14.7. The van der Waals surface area contributed by atoms with Crippen LogP contribution in [-0.4, -0.2) is 33.9 Å². The van der Waals surface area contributed by atoms with E-state index in [0.717, 1.165) is 0 Å². The molecule has 0 radical (unpaired) electrons. The van der Waals surface area contributed by atoms with Crippen LogP contribution in [0.1, 0.15) is 23.1 Å². The van der Waals surface area contributed by atoms with Crippen molar-refractivity contribution in [1.82, 2.24) is 15.0 Å². The van der Waals surface area contributed by atoms with E-state index in [1.807, 2.05) is 12.1 Å². The minimum Gasteiger partial charge on any atom is -0.495 e. The molecule has 0 aliphatic carbocycles. The third kappa shape index (κ3) is 4.26. The second-order valence-electron chi connectivity index (χ2n) is 5.31. The van der Waals surface area contributed by atoms with Crippen molar-refractivity contribution in [2.45, 2.75) is 13.5 Å². The highest BCUT2D eigenvalue weighted by atomic mass is 32.1. The molecule has 0 saturated heterocycles. The molecule has 2 heterocycles. The highest BCUT2D eigenvalue weighted by Gasteiger charge is 2.21. The number of esters is 1. The van der Waals surface area contributed by atoms with Crippen molar-refractivity contribution in [3.05, 3.63) is 59.6 Å². The molecule has 1 amide bonds. The van der Waals surface area contributed by atoms with Crippen molar-refractivity contribution in [3.8, 4) is 5.75 Å². The van der Waals surface area contributed by atoms with Gasteiger partial charge in [-0.1, -0.05) is 12.1 Å². The van der Waals surface area contributed by atoms with Crippen molar-refractivity contribution in [2.75, 3.05) is 12.0 Å². The highest BCUT2D eigenvalue weighted by molar-refractivity contribution is 7.14. The summed E-state index contributed by atoms with van der Waals surface area (Å²) in [7, 11) is 1.54. The number of carbonyl (C=O) groups is 2. The van der Waals surface area contributed by atoms with E-state index >= 15 is 0 Å². The fourth-order valence-electron chi connectivity index (χ4n) is 2.31. The number of aromatic nitrogens is 3. The van der Waals surface area contributed by atoms with E-state index in [9.17, 15) is 9.59 Å². The zero-order chi connectivity index (χ0) is 19.2. The summed E-state index contributed by atoms with van der Waals surface area (Å²) in [5.41, 5.74) is 1.23. The molecule has 0 aliphatic heterocycles. The van der Waals surface area contributed by atoms with Gasteiger partial charge in [-0.05, 0) is 12.1 Å². The van der Waals surface area contributed by atoms with E-state index in [2.05, 4.69) is 15.0 Å². The minimum absolute atomic E-state index is 0.0381. The van der Waals surface area contributed by atoms with Crippen LogP contribution in [0.5, 0.6) is 5.75 Å². The second kappa shape index (κ2) is 8.37. The van der Waals surface area contributed by atoms with E-state index < -0.39 is 5.97 Å². The predicted molar refractivity (Wildman–Crippen MR) is 99.1 cm³/mol. The van der Waals surface area contributed by atoms with Gasteiger partial charge in [-0.25, -0.2) is 14.8 Å². The maximum absolute atomic E-state index is 12.2. The number of anilines is 2. The summed E-state index contributed by atoms with van der Waals surface area (Å²) >= 11 is 1.27. The molecule has 8 nitrogen and oxygen atoms in total. The van der Waals surface area contributed by atoms with Crippen LogP contribution in [0.25, 0.3) is 0 Å². The van der Waals surface area contributed by atoms with Crippen LogP contribution in [0, 0.1) is 0 Å². The Morgan fingerprint density at radius 1 is 1.22 bits per heavy atom. The summed E-state index contributed by atoms with van der Waals surface area (Å²) in [6.07, 6.45) is 4.21. The Morgan fingerprint density at radius 2 is 2.04 bits per heavy atom. The highest BCUT2D eigenvalue weighted by Crippen LogP contribution is 2.35. The number of rotatable bonds is 6. The van der Waals surface area contributed by atoms with Crippen LogP contribution in [-0.2, 0) is 16.1 Å². The van der Waals surface area contributed by atoms with Crippen LogP contribution < -0.4 is 9.64 Å². The van der Waals surface area contributed by atoms with Crippen LogP contribution >= 0.6 is 11.3 Å². The molecule has 1 aromatic carbocycles. The molecule has 0 saturated carbocycles. The van der Waals surface area contributed by atoms with Gasteiger partial charge in [0.15, 0.2) is 10.8 Å². The third-order valence-corrected chi connectivity index (χ3v) is 4.37. The van der Waals surface area contributed by atoms with Crippen LogP contribution in [0.4, 0.5) is 10.8 Å². The number of thiazole rings is 1. The first-order chi connectivity index (χ1) is 13.1. The molecule has 0 fully saturated rings. The molecular formula is C18H16N4O4S. The number of hydrogen-bond donors (Lipinski definition) is 0. The first kappa shape index (κ1) is 18.5. The van der Waals surface area contributed by atoms with E-state index in [4.69, 9.17) is 9.47 Å². The molecule has 27 heavy (non-hydrogen) atoms. The van der Waals surface area contributed by atoms with Crippen molar-refractivity contribution >= 4 is 34.0 Å². The summed E-state index contributed by atoms with van der Waals surface area (Å²) in [6.45, 7) is 1.41. The van der Waals surface area contributed by atoms with Crippen LogP contribution in [0.2, 0.25) is 0 Å². The number of benzene rings is 1. The molecular weight excluding hydrogens is 368 g/mol. The van der Waals surface area contributed by atoms with Gasteiger partial charge in [-0.15, -0.1) is 11.3 Å². The van der Waals surface area contributed by atoms with E-state index in [-0.39, 0.29) is 18.2 Å². The van der Waals surface area contributed by atoms with E-state index in [1.54, 1.807) is 17.5 Å². The fourth-order valence-corrected chi connectivity index (χ4v) is 3.17. The standard InChI is InChI=1S/C18H16N4O4S/c1-12(23)22(15-5-3-4-6-16(15)25-2)18-21-13(11-27-18)10-26-17(24)14-9-19-7-8-20-14/h3-9,11H,10H2,1-2H3. The molecule has 3 rings (SSSR count). The van der Waals surface area contributed by atoms with Gasteiger partial charge in [0.1, 0.15) is 12.4 Å².